The van der Waals surface area contributed by atoms with Crippen molar-refractivity contribution >= 4 is 33.2 Å². The quantitative estimate of drug-likeness (QED) is 0.783. The standard InChI is InChI=1S/C11H7BrO2S/c12-8-3-5-9(6-4-8)14-11(15)10-2-1-7-13-10/h1-7H. The summed E-state index contributed by atoms with van der Waals surface area (Å²) in [5, 5.41) is 0.335. The van der Waals surface area contributed by atoms with Gasteiger partial charge in [0, 0.05) is 4.47 Å². The lowest BCUT2D eigenvalue weighted by Crippen LogP contribution is -2.05. The van der Waals surface area contributed by atoms with E-state index in [0.717, 1.165) is 4.47 Å². The normalized spacial score (nSPS) is 9.93. The van der Waals surface area contributed by atoms with Crippen LogP contribution in [0, 0.1) is 0 Å². The molecule has 2 rings (SSSR count). The highest BCUT2D eigenvalue weighted by Gasteiger charge is 2.06. The van der Waals surface area contributed by atoms with E-state index >= 15 is 0 Å². The fourth-order valence-corrected chi connectivity index (χ4v) is 1.53. The van der Waals surface area contributed by atoms with Crippen LogP contribution in [0.4, 0.5) is 0 Å². The van der Waals surface area contributed by atoms with E-state index in [0.29, 0.717) is 16.6 Å². The Hall–Kier alpha value is -1.13. The van der Waals surface area contributed by atoms with E-state index in [1.165, 1.54) is 0 Å². The summed E-state index contributed by atoms with van der Waals surface area (Å²) in [5.74, 6) is 1.26. The first-order chi connectivity index (χ1) is 7.25. The van der Waals surface area contributed by atoms with Gasteiger partial charge in [0.15, 0.2) is 5.76 Å². The molecule has 2 aromatic rings. The van der Waals surface area contributed by atoms with E-state index in [4.69, 9.17) is 21.4 Å². The molecule has 1 heterocycles. The minimum atomic E-state index is 0.335. The van der Waals surface area contributed by atoms with Crippen LogP contribution in [0.3, 0.4) is 0 Å². The first kappa shape index (κ1) is 10.4. The fraction of sp³-hybridized carbons (Fsp3) is 0. The summed E-state index contributed by atoms with van der Waals surface area (Å²) in [5.41, 5.74) is 0. The van der Waals surface area contributed by atoms with Gasteiger partial charge in [-0.1, -0.05) is 15.9 Å². The average molecular weight is 283 g/mol. The highest BCUT2D eigenvalue weighted by Crippen LogP contribution is 2.17. The number of rotatable bonds is 2. The lowest BCUT2D eigenvalue weighted by Gasteiger charge is -2.04. The molecule has 0 saturated carbocycles. The van der Waals surface area contributed by atoms with E-state index < -0.39 is 0 Å². The van der Waals surface area contributed by atoms with Gasteiger partial charge in [0.05, 0.1) is 6.26 Å². The molecule has 4 heteroatoms. The topological polar surface area (TPSA) is 22.4 Å². The number of ether oxygens (including phenoxy) is 1. The van der Waals surface area contributed by atoms with Gasteiger partial charge in [0.2, 0.25) is 5.05 Å². The zero-order valence-electron chi connectivity index (χ0n) is 7.64. The van der Waals surface area contributed by atoms with Crippen molar-refractivity contribution in [2.24, 2.45) is 0 Å². The number of benzene rings is 1. The highest BCUT2D eigenvalue weighted by molar-refractivity contribution is 9.10. The molecule has 0 aliphatic carbocycles. The molecule has 2 nitrogen and oxygen atoms in total. The van der Waals surface area contributed by atoms with Gasteiger partial charge in [-0.3, -0.25) is 0 Å². The maximum absolute atomic E-state index is 5.43. The third kappa shape index (κ3) is 2.67. The van der Waals surface area contributed by atoms with Crippen LogP contribution in [0.5, 0.6) is 5.75 Å². The van der Waals surface area contributed by atoms with Gasteiger partial charge in [-0.15, -0.1) is 0 Å². The van der Waals surface area contributed by atoms with Gasteiger partial charge < -0.3 is 9.15 Å². The van der Waals surface area contributed by atoms with Crippen molar-refractivity contribution in [2.45, 2.75) is 0 Å². The lowest BCUT2D eigenvalue weighted by molar-refractivity contribution is 0.506. The molecule has 0 saturated heterocycles. The molecule has 0 atom stereocenters. The van der Waals surface area contributed by atoms with Crippen molar-refractivity contribution in [2.75, 3.05) is 0 Å². The van der Waals surface area contributed by atoms with Crippen molar-refractivity contribution in [3.8, 4) is 5.75 Å². The van der Waals surface area contributed by atoms with E-state index in [9.17, 15) is 0 Å². The molecule has 0 N–H and O–H groups in total. The zero-order chi connectivity index (χ0) is 10.7. The molecule has 0 aliphatic heterocycles. The molecule has 0 spiro atoms. The van der Waals surface area contributed by atoms with Gasteiger partial charge in [-0.25, -0.2) is 0 Å². The van der Waals surface area contributed by atoms with Crippen molar-refractivity contribution in [1.82, 2.24) is 0 Å². The summed E-state index contributed by atoms with van der Waals surface area (Å²) in [6, 6.07) is 11.0. The van der Waals surface area contributed by atoms with Crippen LogP contribution in [0.1, 0.15) is 5.76 Å². The molecule has 1 aromatic heterocycles. The number of thiocarbonyl (C=S) groups is 1. The van der Waals surface area contributed by atoms with Gasteiger partial charge in [0.1, 0.15) is 5.75 Å². The van der Waals surface area contributed by atoms with Crippen molar-refractivity contribution in [1.29, 1.82) is 0 Å². The monoisotopic (exact) mass is 282 g/mol. The molecule has 15 heavy (non-hydrogen) atoms. The van der Waals surface area contributed by atoms with Crippen LogP contribution in [0.15, 0.2) is 51.6 Å². The van der Waals surface area contributed by atoms with Crippen molar-refractivity contribution in [3.05, 3.63) is 52.9 Å². The number of halogens is 1. The van der Waals surface area contributed by atoms with E-state index in [1.54, 1.807) is 18.4 Å². The summed E-state index contributed by atoms with van der Waals surface area (Å²) in [4.78, 5) is 0. The summed E-state index contributed by atoms with van der Waals surface area (Å²) in [6.45, 7) is 0. The Kier molecular flexibility index (Phi) is 3.18. The third-order valence-corrected chi connectivity index (χ3v) is 2.56. The summed E-state index contributed by atoms with van der Waals surface area (Å²) in [6.07, 6.45) is 1.56. The summed E-state index contributed by atoms with van der Waals surface area (Å²) >= 11 is 8.40. The fourth-order valence-electron chi connectivity index (χ4n) is 1.05. The van der Waals surface area contributed by atoms with Crippen LogP contribution in [-0.2, 0) is 0 Å². The first-order valence-electron chi connectivity index (χ1n) is 4.27. The largest absolute Gasteiger partial charge is 0.460 e. The molecular formula is C11H7BrO2S. The Balaban J connectivity index is 2.09. The van der Waals surface area contributed by atoms with Crippen LogP contribution < -0.4 is 4.74 Å². The maximum Gasteiger partial charge on any atom is 0.233 e. The Morgan fingerprint density at radius 1 is 1.20 bits per heavy atom. The minimum absolute atomic E-state index is 0.335. The molecule has 0 radical (unpaired) electrons. The van der Waals surface area contributed by atoms with Gasteiger partial charge in [-0.2, -0.15) is 0 Å². The second kappa shape index (κ2) is 4.59. The highest BCUT2D eigenvalue weighted by atomic mass is 79.9. The summed E-state index contributed by atoms with van der Waals surface area (Å²) in [7, 11) is 0. The van der Waals surface area contributed by atoms with Crippen LogP contribution in [0.25, 0.3) is 0 Å². The second-order valence-corrected chi connectivity index (χ2v) is 4.11. The minimum Gasteiger partial charge on any atom is -0.460 e. The molecule has 76 valence electrons. The second-order valence-electron chi connectivity index (χ2n) is 2.82. The molecule has 0 aliphatic rings. The third-order valence-electron chi connectivity index (χ3n) is 1.75. The summed E-state index contributed by atoms with van der Waals surface area (Å²) < 4.78 is 11.5. The van der Waals surface area contributed by atoms with Crippen LogP contribution in [0.2, 0.25) is 0 Å². The van der Waals surface area contributed by atoms with E-state index in [-0.39, 0.29) is 0 Å². The Labute approximate surface area is 101 Å². The SMILES string of the molecule is S=C(Oc1ccc(Br)cc1)c1ccco1. The Morgan fingerprint density at radius 2 is 1.93 bits per heavy atom. The molecule has 0 fully saturated rings. The number of hydrogen-bond acceptors (Lipinski definition) is 3. The first-order valence-corrected chi connectivity index (χ1v) is 5.47. The maximum atomic E-state index is 5.43. The van der Waals surface area contributed by atoms with E-state index in [2.05, 4.69) is 15.9 Å². The van der Waals surface area contributed by atoms with Crippen LogP contribution >= 0.6 is 28.1 Å². The predicted octanol–water partition coefficient (Wildman–Crippen LogP) is 3.80. The van der Waals surface area contributed by atoms with Crippen molar-refractivity contribution < 1.29 is 9.15 Å². The van der Waals surface area contributed by atoms with Gasteiger partial charge in [0.25, 0.3) is 0 Å². The number of furan rings is 1. The molecule has 0 bridgehead atoms. The predicted molar refractivity (Wildman–Crippen MR) is 65.2 cm³/mol. The Bertz CT molecular complexity index is 448. The van der Waals surface area contributed by atoms with Gasteiger partial charge in [-0.05, 0) is 48.6 Å². The Morgan fingerprint density at radius 3 is 2.53 bits per heavy atom. The van der Waals surface area contributed by atoms with Gasteiger partial charge >= 0.3 is 0 Å². The lowest BCUT2D eigenvalue weighted by atomic mass is 10.3. The zero-order valence-corrected chi connectivity index (χ0v) is 10.0. The average Bonchev–Trinajstić information content (AvgIpc) is 2.74. The van der Waals surface area contributed by atoms with Crippen molar-refractivity contribution in [3.63, 3.8) is 0 Å². The number of hydrogen-bond donors (Lipinski definition) is 0. The molecule has 1 aromatic carbocycles. The van der Waals surface area contributed by atoms with Crippen LogP contribution in [-0.4, -0.2) is 5.05 Å². The van der Waals surface area contributed by atoms with E-state index in [1.807, 2.05) is 24.3 Å². The molecule has 0 unspecified atom stereocenters. The molecule has 0 amide bonds. The molecular weight excluding hydrogens is 276 g/mol. The smallest absolute Gasteiger partial charge is 0.233 e.